The van der Waals surface area contributed by atoms with E-state index in [1.165, 1.54) is 6.07 Å². The van der Waals surface area contributed by atoms with E-state index in [0.717, 1.165) is 12.8 Å². The van der Waals surface area contributed by atoms with E-state index in [1.54, 1.807) is 12.1 Å². The number of halogens is 3. The van der Waals surface area contributed by atoms with Crippen molar-refractivity contribution in [3.05, 3.63) is 28.8 Å². The number of benzene rings is 1. The van der Waals surface area contributed by atoms with Crippen molar-refractivity contribution >= 4 is 11.6 Å². The van der Waals surface area contributed by atoms with E-state index in [-0.39, 0.29) is 11.3 Å². The molecule has 1 aromatic carbocycles. The van der Waals surface area contributed by atoms with E-state index in [0.29, 0.717) is 17.1 Å². The van der Waals surface area contributed by atoms with Gasteiger partial charge in [-0.15, -0.1) is 0 Å². The van der Waals surface area contributed by atoms with Crippen molar-refractivity contribution in [1.29, 1.82) is 0 Å². The molecule has 0 heterocycles. The van der Waals surface area contributed by atoms with Crippen LogP contribution in [-0.4, -0.2) is 12.2 Å². The van der Waals surface area contributed by atoms with Gasteiger partial charge in [-0.25, -0.2) is 0 Å². The van der Waals surface area contributed by atoms with Crippen molar-refractivity contribution in [2.24, 2.45) is 0 Å². The summed E-state index contributed by atoms with van der Waals surface area (Å²) in [6.07, 6.45) is 1.91. The standard InChI is InChI=1S/C14H20ClF2NO/c1-4-14(3,5-2)18-9-10-8-11(15)6-7-12(10)19-13(16)17/h6-8,13,18H,4-5,9H2,1-3H3. The third kappa shape index (κ3) is 4.96. The van der Waals surface area contributed by atoms with E-state index in [4.69, 9.17) is 11.6 Å². The minimum absolute atomic E-state index is 0.0234. The molecule has 19 heavy (non-hydrogen) atoms. The summed E-state index contributed by atoms with van der Waals surface area (Å²) < 4.78 is 29.2. The Bertz CT molecular complexity index is 408. The van der Waals surface area contributed by atoms with Crippen LogP contribution in [0, 0.1) is 0 Å². The topological polar surface area (TPSA) is 21.3 Å². The summed E-state index contributed by atoms with van der Waals surface area (Å²) in [5, 5.41) is 3.88. The molecule has 0 saturated carbocycles. The number of nitrogens with one attached hydrogen (secondary N) is 1. The first-order valence-corrected chi connectivity index (χ1v) is 6.76. The Labute approximate surface area is 118 Å². The van der Waals surface area contributed by atoms with Gasteiger partial charge in [0.2, 0.25) is 0 Å². The van der Waals surface area contributed by atoms with Crippen LogP contribution in [0.2, 0.25) is 5.02 Å². The van der Waals surface area contributed by atoms with Gasteiger partial charge >= 0.3 is 6.61 Å². The summed E-state index contributed by atoms with van der Waals surface area (Å²) in [4.78, 5) is 0. The number of ether oxygens (including phenoxy) is 1. The molecule has 0 atom stereocenters. The molecule has 0 amide bonds. The van der Waals surface area contributed by atoms with Crippen LogP contribution in [0.4, 0.5) is 8.78 Å². The summed E-state index contributed by atoms with van der Waals surface area (Å²) in [6, 6.07) is 4.67. The lowest BCUT2D eigenvalue weighted by molar-refractivity contribution is -0.0505. The Kier molecular flexibility index (Phi) is 6.01. The first-order valence-electron chi connectivity index (χ1n) is 6.38. The fraction of sp³-hybridized carbons (Fsp3) is 0.571. The lowest BCUT2D eigenvalue weighted by atomic mass is 9.95. The van der Waals surface area contributed by atoms with Crippen LogP contribution in [0.3, 0.4) is 0 Å². The second kappa shape index (κ2) is 7.06. The smallest absolute Gasteiger partial charge is 0.387 e. The van der Waals surface area contributed by atoms with Gasteiger partial charge < -0.3 is 10.1 Å². The van der Waals surface area contributed by atoms with Crippen molar-refractivity contribution in [3.8, 4) is 5.75 Å². The average molecular weight is 292 g/mol. The van der Waals surface area contributed by atoms with Crippen molar-refractivity contribution in [3.63, 3.8) is 0 Å². The Hall–Kier alpha value is -0.870. The summed E-state index contributed by atoms with van der Waals surface area (Å²) in [5.41, 5.74) is 0.616. The second-order valence-electron chi connectivity index (χ2n) is 4.75. The molecule has 0 aliphatic rings. The van der Waals surface area contributed by atoms with Gasteiger partial charge in [0, 0.05) is 22.7 Å². The molecule has 0 aromatic heterocycles. The molecule has 1 N–H and O–H groups in total. The van der Waals surface area contributed by atoms with Gasteiger partial charge in [0.15, 0.2) is 0 Å². The molecule has 5 heteroatoms. The molecule has 1 aromatic rings. The molecule has 0 spiro atoms. The highest BCUT2D eigenvalue weighted by Gasteiger charge is 2.19. The first-order chi connectivity index (χ1) is 8.90. The van der Waals surface area contributed by atoms with Crippen LogP contribution >= 0.6 is 11.6 Å². The maximum atomic E-state index is 12.3. The van der Waals surface area contributed by atoms with E-state index >= 15 is 0 Å². The molecule has 0 saturated heterocycles. The van der Waals surface area contributed by atoms with Crippen molar-refractivity contribution < 1.29 is 13.5 Å². The van der Waals surface area contributed by atoms with E-state index < -0.39 is 6.61 Å². The fourth-order valence-corrected chi connectivity index (χ4v) is 1.90. The summed E-state index contributed by atoms with van der Waals surface area (Å²) >= 11 is 5.90. The molecule has 0 aliphatic heterocycles. The Morgan fingerprint density at radius 3 is 2.47 bits per heavy atom. The number of hydrogen-bond donors (Lipinski definition) is 1. The molecular weight excluding hydrogens is 272 g/mol. The Balaban J connectivity index is 2.83. The number of hydrogen-bond acceptors (Lipinski definition) is 2. The van der Waals surface area contributed by atoms with Crippen molar-refractivity contribution in [1.82, 2.24) is 5.32 Å². The molecule has 0 fully saturated rings. The molecule has 1 rings (SSSR count). The quantitative estimate of drug-likeness (QED) is 0.792. The van der Waals surface area contributed by atoms with Gasteiger partial charge in [0.25, 0.3) is 0 Å². The Morgan fingerprint density at radius 1 is 1.32 bits per heavy atom. The van der Waals surface area contributed by atoms with Crippen LogP contribution in [0.5, 0.6) is 5.75 Å². The zero-order chi connectivity index (χ0) is 14.5. The van der Waals surface area contributed by atoms with Crippen molar-refractivity contribution in [2.75, 3.05) is 0 Å². The molecule has 0 unspecified atom stereocenters. The van der Waals surface area contributed by atoms with Crippen LogP contribution < -0.4 is 10.1 Å². The van der Waals surface area contributed by atoms with Crippen LogP contribution in [-0.2, 0) is 6.54 Å². The van der Waals surface area contributed by atoms with Gasteiger partial charge in [-0.1, -0.05) is 25.4 Å². The molecule has 0 bridgehead atoms. The van der Waals surface area contributed by atoms with Gasteiger partial charge in [0.1, 0.15) is 5.75 Å². The lowest BCUT2D eigenvalue weighted by Crippen LogP contribution is -2.40. The number of alkyl halides is 2. The fourth-order valence-electron chi connectivity index (χ4n) is 1.71. The molecule has 108 valence electrons. The first kappa shape index (κ1) is 16.2. The maximum Gasteiger partial charge on any atom is 0.387 e. The molecule has 2 nitrogen and oxygen atoms in total. The summed E-state index contributed by atoms with van der Waals surface area (Å²) in [5.74, 6) is 0.168. The molecule has 0 aliphatic carbocycles. The second-order valence-corrected chi connectivity index (χ2v) is 5.19. The maximum absolute atomic E-state index is 12.3. The van der Waals surface area contributed by atoms with Crippen molar-refractivity contribution in [2.45, 2.75) is 52.3 Å². The minimum Gasteiger partial charge on any atom is -0.434 e. The molecule has 0 radical (unpaired) electrons. The van der Waals surface area contributed by atoms with Crippen LogP contribution in [0.15, 0.2) is 18.2 Å². The highest BCUT2D eigenvalue weighted by molar-refractivity contribution is 6.30. The van der Waals surface area contributed by atoms with E-state index in [1.807, 2.05) is 0 Å². The zero-order valence-corrected chi connectivity index (χ0v) is 12.2. The normalized spacial score (nSPS) is 11.9. The highest BCUT2D eigenvalue weighted by atomic mass is 35.5. The Morgan fingerprint density at radius 2 is 1.95 bits per heavy atom. The van der Waals surface area contributed by atoms with E-state index in [9.17, 15) is 8.78 Å². The summed E-state index contributed by atoms with van der Waals surface area (Å²) in [7, 11) is 0. The number of rotatable bonds is 7. The summed E-state index contributed by atoms with van der Waals surface area (Å²) in [6.45, 7) is 3.89. The monoisotopic (exact) mass is 291 g/mol. The third-order valence-corrected chi connectivity index (χ3v) is 3.74. The van der Waals surface area contributed by atoms with Gasteiger partial charge in [-0.3, -0.25) is 0 Å². The molecular formula is C14H20ClF2NO. The highest BCUT2D eigenvalue weighted by Crippen LogP contribution is 2.25. The lowest BCUT2D eigenvalue weighted by Gasteiger charge is -2.28. The average Bonchev–Trinajstić information content (AvgIpc) is 2.38. The predicted octanol–water partition coefficient (Wildman–Crippen LogP) is 4.61. The van der Waals surface area contributed by atoms with E-state index in [2.05, 4.69) is 30.8 Å². The van der Waals surface area contributed by atoms with Gasteiger partial charge in [-0.05, 0) is 38.0 Å². The van der Waals surface area contributed by atoms with Crippen LogP contribution in [0.1, 0.15) is 39.2 Å². The van der Waals surface area contributed by atoms with Gasteiger partial charge in [0.05, 0.1) is 0 Å². The van der Waals surface area contributed by atoms with Crippen LogP contribution in [0.25, 0.3) is 0 Å². The minimum atomic E-state index is -2.83. The zero-order valence-electron chi connectivity index (χ0n) is 11.5. The largest absolute Gasteiger partial charge is 0.434 e. The predicted molar refractivity (Wildman–Crippen MR) is 73.9 cm³/mol. The van der Waals surface area contributed by atoms with Gasteiger partial charge in [-0.2, -0.15) is 8.78 Å². The SMILES string of the molecule is CCC(C)(CC)NCc1cc(Cl)ccc1OC(F)F. The third-order valence-electron chi connectivity index (χ3n) is 3.50.